The third kappa shape index (κ3) is 3.83. The molecule has 1 saturated heterocycles. The highest BCUT2D eigenvalue weighted by atomic mass is 16.5. The topological polar surface area (TPSA) is 93.1 Å². The molecule has 0 amide bonds. The molecule has 2 N–H and O–H groups in total. The van der Waals surface area contributed by atoms with Crippen molar-refractivity contribution < 1.29 is 29.3 Å². The van der Waals surface area contributed by atoms with Crippen molar-refractivity contribution in [3.8, 4) is 0 Å². The molecule has 0 bridgehead atoms. The minimum atomic E-state index is -1.21. The molecule has 1 heterocycles. The van der Waals surface area contributed by atoms with Gasteiger partial charge in [-0.3, -0.25) is 9.59 Å². The molecule has 0 radical (unpaired) electrons. The van der Waals surface area contributed by atoms with Gasteiger partial charge in [0, 0.05) is 17.8 Å². The standard InChI is InChI=1S/C32H48O6/c1-18(33)38-26-16-24-28(2,3)25(34)12-14-31(24,7)23-11-13-30(6)20(9-10-22(30)32(23,26)8)19-15-21(37-17-19)27(35)29(4,5)36/h10,12,14,19-21,23-24,26-27,35-36H,9,11,13,15-17H2,1-8H3/t19-,20+,21-,23-,24+,26-,27+,30+,31-,32+/m1/s1. The minimum absolute atomic E-state index is 0.0564. The van der Waals surface area contributed by atoms with Gasteiger partial charge in [-0.25, -0.2) is 0 Å². The number of carbonyl (C=O) groups excluding carboxylic acids is 2. The fraction of sp³-hybridized carbons (Fsp3) is 0.812. The highest BCUT2D eigenvalue weighted by Crippen LogP contribution is 2.72. The molecule has 0 spiro atoms. The summed E-state index contributed by atoms with van der Waals surface area (Å²) < 4.78 is 12.3. The van der Waals surface area contributed by atoms with E-state index in [-0.39, 0.29) is 52.0 Å². The summed E-state index contributed by atoms with van der Waals surface area (Å²) in [6, 6.07) is 0. The van der Waals surface area contributed by atoms with Crippen LogP contribution in [0.5, 0.6) is 0 Å². The summed E-state index contributed by atoms with van der Waals surface area (Å²) in [4.78, 5) is 25.4. The van der Waals surface area contributed by atoms with Crippen molar-refractivity contribution in [2.75, 3.05) is 6.61 Å². The molecule has 5 aliphatic rings. The monoisotopic (exact) mass is 528 g/mol. The van der Waals surface area contributed by atoms with Crippen molar-refractivity contribution in [1.29, 1.82) is 0 Å². The maximum absolute atomic E-state index is 13.0. The first-order valence-corrected chi connectivity index (χ1v) is 14.6. The molecule has 0 aromatic rings. The minimum Gasteiger partial charge on any atom is -0.462 e. The maximum Gasteiger partial charge on any atom is 0.302 e. The van der Waals surface area contributed by atoms with Crippen molar-refractivity contribution in [3.05, 3.63) is 23.8 Å². The molecule has 10 atom stereocenters. The summed E-state index contributed by atoms with van der Waals surface area (Å²) in [7, 11) is 0. The van der Waals surface area contributed by atoms with Crippen molar-refractivity contribution in [3.63, 3.8) is 0 Å². The Kier molecular flexibility index (Phi) is 6.46. The van der Waals surface area contributed by atoms with Crippen LogP contribution in [0.25, 0.3) is 0 Å². The molecule has 0 unspecified atom stereocenters. The lowest BCUT2D eigenvalue weighted by atomic mass is 9.38. The molecule has 3 fully saturated rings. The van der Waals surface area contributed by atoms with E-state index in [1.807, 2.05) is 6.08 Å². The Morgan fingerprint density at radius 1 is 1.16 bits per heavy atom. The van der Waals surface area contributed by atoms with E-state index in [4.69, 9.17) is 9.47 Å². The zero-order valence-corrected chi connectivity index (χ0v) is 24.5. The molecule has 0 aromatic heterocycles. The van der Waals surface area contributed by atoms with Crippen LogP contribution in [-0.2, 0) is 19.1 Å². The molecule has 0 aromatic carbocycles. The van der Waals surface area contributed by atoms with Crippen molar-refractivity contribution in [1.82, 2.24) is 0 Å². The summed E-state index contributed by atoms with van der Waals surface area (Å²) in [5.74, 6) is 0.923. The Morgan fingerprint density at radius 3 is 2.47 bits per heavy atom. The fourth-order valence-electron chi connectivity index (χ4n) is 10.0. The molecule has 38 heavy (non-hydrogen) atoms. The van der Waals surface area contributed by atoms with Gasteiger partial charge in [0.05, 0.1) is 18.3 Å². The number of hydrogen-bond acceptors (Lipinski definition) is 6. The largest absolute Gasteiger partial charge is 0.462 e. The average molecular weight is 529 g/mol. The van der Waals surface area contributed by atoms with Crippen LogP contribution in [0.3, 0.4) is 0 Å². The summed E-state index contributed by atoms with van der Waals surface area (Å²) in [5, 5.41) is 21.1. The number of ether oxygens (including phenoxy) is 2. The first kappa shape index (κ1) is 28.0. The molecule has 6 heteroatoms. The van der Waals surface area contributed by atoms with Gasteiger partial charge in [-0.05, 0) is 86.5 Å². The van der Waals surface area contributed by atoms with Crippen molar-refractivity contribution in [2.45, 2.75) is 111 Å². The van der Waals surface area contributed by atoms with E-state index in [2.05, 4.69) is 46.8 Å². The molecule has 5 rings (SSSR count). The van der Waals surface area contributed by atoms with E-state index in [1.54, 1.807) is 13.8 Å². The Bertz CT molecular complexity index is 1070. The lowest BCUT2D eigenvalue weighted by Gasteiger charge is -2.66. The van der Waals surface area contributed by atoms with Gasteiger partial charge in [0.1, 0.15) is 12.2 Å². The number of aliphatic hydroxyl groups is 2. The van der Waals surface area contributed by atoms with E-state index in [0.29, 0.717) is 24.9 Å². The third-order valence-electron chi connectivity index (χ3n) is 12.0. The summed E-state index contributed by atoms with van der Waals surface area (Å²) in [5.41, 5.74) is -0.853. The van der Waals surface area contributed by atoms with Gasteiger partial charge in [0.25, 0.3) is 0 Å². The molecule has 212 valence electrons. The second-order valence-corrected chi connectivity index (χ2v) is 14.9. The Balaban J connectivity index is 1.50. The smallest absolute Gasteiger partial charge is 0.302 e. The van der Waals surface area contributed by atoms with Crippen LogP contribution in [0.15, 0.2) is 23.8 Å². The second kappa shape index (κ2) is 8.75. The van der Waals surface area contributed by atoms with Crippen LogP contribution in [0.1, 0.15) is 87.5 Å². The molecular formula is C32H48O6. The van der Waals surface area contributed by atoms with Crippen molar-refractivity contribution in [2.24, 2.45) is 45.3 Å². The lowest BCUT2D eigenvalue weighted by molar-refractivity contribution is -0.188. The quantitative estimate of drug-likeness (QED) is 0.393. The van der Waals surface area contributed by atoms with Gasteiger partial charge >= 0.3 is 5.97 Å². The zero-order valence-electron chi connectivity index (χ0n) is 24.5. The molecule has 1 aliphatic heterocycles. The SMILES string of the molecule is CC(=O)O[C@@H]1C[C@H]2C(C)(C)C(=O)C=C[C@]2(C)[C@H]2CC[C@]3(C)C(=CC[C@H]3[C@H]3CO[C@@H]([C@H](O)C(C)(C)O)C3)[C@@]21C. The predicted molar refractivity (Wildman–Crippen MR) is 145 cm³/mol. The lowest BCUT2D eigenvalue weighted by Crippen LogP contribution is -2.64. The number of fused-ring (bicyclic) bond motifs is 5. The molecule has 2 saturated carbocycles. The fourth-order valence-corrected chi connectivity index (χ4v) is 10.0. The Labute approximate surface area is 228 Å². The first-order chi connectivity index (χ1) is 17.5. The molecule has 4 aliphatic carbocycles. The van der Waals surface area contributed by atoms with Crippen LogP contribution < -0.4 is 0 Å². The highest BCUT2D eigenvalue weighted by Gasteiger charge is 2.69. The Morgan fingerprint density at radius 2 is 1.84 bits per heavy atom. The highest BCUT2D eigenvalue weighted by molar-refractivity contribution is 5.95. The number of ketones is 1. The first-order valence-electron chi connectivity index (χ1n) is 14.6. The van der Waals surface area contributed by atoms with Crippen LogP contribution in [-0.4, -0.2) is 52.5 Å². The second-order valence-electron chi connectivity index (χ2n) is 14.9. The van der Waals surface area contributed by atoms with Gasteiger partial charge in [-0.15, -0.1) is 0 Å². The van der Waals surface area contributed by atoms with Gasteiger partial charge in [-0.2, -0.15) is 0 Å². The van der Waals surface area contributed by atoms with Gasteiger partial charge in [0.15, 0.2) is 5.78 Å². The van der Waals surface area contributed by atoms with E-state index >= 15 is 0 Å². The van der Waals surface area contributed by atoms with Gasteiger partial charge in [-0.1, -0.05) is 52.3 Å². The summed E-state index contributed by atoms with van der Waals surface area (Å²) >= 11 is 0. The number of hydrogen-bond donors (Lipinski definition) is 2. The van der Waals surface area contributed by atoms with Crippen LogP contribution in [0, 0.1) is 45.3 Å². The van der Waals surface area contributed by atoms with Crippen LogP contribution in [0.4, 0.5) is 0 Å². The van der Waals surface area contributed by atoms with Crippen LogP contribution in [0.2, 0.25) is 0 Å². The van der Waals surface area contributed by atoms with E-state index in [0.717, 1.165) is 25.7 Å². The van der Waals surface area contributed by atoms with E-state index in [1.165, 1.54) is 12.5 Å². The average Bonchev–Trinajstić information content (AvgIpc) is 3.41. The number of allylic oxidation sites excluding steroid dienone is 3. The van der Waals surface area contributed by atoms with Crippen LogP contribution >= 0.6 is 0 Å². The molecular weight excluding hydrogens is 480 g/mol. The zero-order chi connectivity index (χ0) is 28.1. The van der Waals surface area contributed by atoms with Crippen molar-refractivity contribution >= 4 is 11.8 Å². The van der Waals surface area contributed by atoms with E-state index < -0.39 is 17.1 Å². The number of carbonyl (C=O) groups is 2. The molecule has 6 nitrogen and oxygen atoms in total. The number of aliphatic hydroxyl groups excluding tert-OH is 1. The third-order valence-corrected chi connectivity index (χ3v) is 12.0. The van der Waals surface area contributed by atoms with Gasteiger partial charge < -0.3 is 19.7 Å². The number of esters is 1. The van der Waals surface area contributed by atoms with Gasteiger partial charge in [0.2, 0.25) is 0 Å². The predicted octanol–water partition coefficient (Wildman–Crippen LogP) is 5.02. The van der Waals surface area contributed by atoms with E-state index in [9.17, 15) is 19.8 Å². The summed E-state index contributed by atoms with van der Waals surface area (Å²) in [6.45, 7) is 16.5. The number of rotatable bonds is 4. The summed E-state index contributed by atoms with van der Waals surface area (Å²) in [6.07, 6.45) is 9.25. The Hall–Kier alpha value is -1.50. The maximum atomic E-state index is 13.0. The normalized spacial score (nSPS) is 46.6.